The molecule has 0 bridgehead atoms. The van der Waals surface area contributed by atoms with Crippen molar-refractivity contribution >= 4 is 35.0 Å². The average molecular weight is 423 g/mol. The molecule has 2 aromatic rings. The molecule has 2 N–H and O–H groups in total. The van der Waals surface area contributed by atoms with Crippen LogP contribution in [0.2, 0.25) is 0 Å². The fourth-order valence-electron chi connectivity index (χ4n) is 2.87. The van der Waals surface area contributed by atoms with Crippen molar-refractivity contribution < 1.29 is 28.3 Å². The Morgan fingerprint density at radius 2 is 1.71 bits per heavy atom. The zero-order valence-electron chi connectivity index (χ0n) is 16.6. The molecule has 0 aliphatic carbocycles. The molecule has 2 aromatic carbocycles. The third kappa shape index (κ3) is 5.08. The van der Waals surface area contributed by atoms with E-state index in [0.29, 0.717) is 0 Å². The van der Waals surface area contributed by atoms with Gasteiger partial charge in [0.1, 0.15) is 11.6 Å². The highest BCUT2D eigenvalue weighted by Crippen LogP contribution is 2.18. The van der Waals surface area contributed by atoms with Crippen molar-refractivity contribution in [3.63, 3.8) is 0 Å². The Balaban J connectivity index is 1.75. The topological polar surface area (TPSA) is 114 Å². The lowest BCUT2D eigenvalue weighted by molar-refractivity contribution is -0.146. The van der Waals surface area contributed by atoms with Gasteiger partial charge in [0.25, 0.3) is 11.8 Å². The summed E-state index contributed by atoms with van der Waals surface area (Å²) >= 11 is 0. The Hall–Kier alpha value is -4.14. The number of allylic oxidation sites excluding steroid dienone is 2. The minimum atomic E-state index is -1.24. The molecule has 9 heteroatoms. The largest absolute Gasteiger partial charge is 0.430 e. The molecule has 0 aromatic heterocycles. The lowest BCUT2D eigenvalue weighted by Gasteiger charge is -2.18. The smallest absolute Gasteiger partial charge is 0.327 e. The number of rotatable bonds is 5. The number of nitrogens with one attached hydrogen (secondary N) is 2. The normalized spacial score (nSPS) is 16.3. The molecule has 2 amide bonds. The molecule has 1 aliphatic rings. The summed E-state index contributed by atoms with van der Waals surface area (Å²) in [6, 6.07) is 11.1. The molecule has 0 radical (unpaired) electrons. The van der Waals surface area contributed by atoms with Crippen LogP contribution in [0.1, 0.15) is 34.6 Å². The number of amides is 2. The standard InChI is InChI=1S/C22H18FN3O5/c1-12-11-18(27)19(22(30)31-12)13(2)25-26-21(29)16-5-3-4-6-17(16)24-20(28)14-7-9-15(23)10-8-14/h3-11,19H,1-2H3,(H,24,28)(H,26,29)/b25-13+. The Morgan fingerprint density at radius 3 is 2.39 bits per heavy atom. The number of ether oxygens (including phenoxy) is 1. The fourth-order valence-corrected chi connectivity index (χ4v) is 2.87. The molecule has 158 valence electrons. The molecule has 1 heterocycles. The molecular formula is C22H18FN3O5. The minimum Gasteiger partial charge on any atom is -0.430 e. The molecular weight excluding hydrogens is 405 g/mol. The van der Waals surface area contributed by atoms with Crippen LogP contribution in [0.25, 0.3) is 0 Å². The zero-order chi connectivity index (χ0) is 22.5. The van der Waals surface area contributed by atoms with E-state index in [2.05, 4.69) is 15.8 Å². The molecule has 1 aliphatic heterocycles. The lowest BCUT2D eigenvalue weighted by atomic mass is 9.97. The fraction of sp³-hybridized carbons (Fsp3) is 0.136. The number of cyclic esters (lactones) is 1. The van der Waals surface area contributed by atoms with Gasteiger partial charge in [-0.1, -0.05) is 12.1 Å². The van der Waals surface area contributed by atoms with Crippen LogP contribution in [0.5, 0.6) is 0 Å². The van der Waals surface area contributed by atoms with E-state index < -0.39 is 35.3 Å². The van der Waals surface area contributed by atoms with Gasteiger partial charge in [0.2, 0.25) is 0 Å². The zero-order valence-corrected chi connectivity index (χ0v) is 16.6. The van der Waals surface area contributed by atoms with E-state index in [-0.39, 0.29) is 28.3 Å². The summed E-state index contributed by atoms with van der Waals surface area (Å²) in [6.07, 6.45) is 1.19. The number of benzene rings is 2. The Bertz CT molecular complexity index is 1120. The summed E-state index contributed by atoms with van der Waals surface area (Å²) < 4.78 is 18.0. The first-order valence-electron chi connectivity index (χ1n) is 9.20. The maximum atomic E-state index is 13.0. The van der Waals surface area contributed by atoms with E-state index in [0.717, 1.165) is 12.1 Å². The van der Waals surface area contributed by atoms with Crippen molar-refractivity contribution in [1.29, 1.82) is 0 Å². The highest BCUT2D eigenvalue weighted by atomic mass is 19.1. The van der Waals surface area contributed by atoms with Gasteiger partial charge in [0.05, 0.1) is 17.0 Å². The molecule has 0 fully saturated rings. The summed E-state index contributed by atoms with van der Waals surface area (Å²) in [5.74, 6) is -3.99. The summed E-state index contributed by atoms with van der Waals surface area (Å²) in [7, 11) is 0. The van der Waals surface area contributed by atoms with Crippen LogP contribution < -0.4 is 10.7 Å². The Labute approximate surface area is 176 Å². The third-order valence-corrected chi connectivity index (χ3v) is 4.41. The van der Waals surface area contributed by atoms with Crippen LogP contribution in [-0.2, 0) is 14.3 Å². The van der Waals surface area contributed by atoms with Crippen molar-refractivity contribution in [2.24, 2.45) is 11.0 Å². The first kappa shape index (κ1) is 21.6. The van der Waals surface area contributed by atoms with Crippen LogP contribution in [0.15, 0.2) is 65.5 Å². The van der Waals surface area contributed by atoms with Gasteiger partial charge in [-0.3, -0.25) is 19.2 Å². The first-order valence-corrected chi connectivity index (χ1v) is 9.20. The predicted octanol–water partition coefficient (Wildman–Crippen LogP) is 2.83. The monoisotopic (exact) mass is 423 g/mol. The first-order chi connectivity index (χ1) is 14.8. The van der Waals surface area contributed by atoms with Crippen LogP contribution >= 0.6 is 0 Å². The van der Waals surface area contributed by atoms with Crippen molar-refractivity contribution in [2.75, 3.05) is 5.32 Å². The molecule has 1 unspecified atom stereocenters. The lowest BCUT2D eigenvalue weighted by Crippen LogP contribution is -2.35. The van der Waals surface area contributed by atoms with Gasteiger partial charge in [-0.25, -0.2) is 9.82 Å². The second-order valence-electron chi connectivity index (χ2n) is 6.71. The summed E-state index contributed by atoms with van der Waals surface area (Å²) in [5, 5.41) is 6.44. The average Bonchev–Trinajstić information content (AvgIpc) is 2.72. The van der Waals surface area contributed by atoms with E-state index >= 15 is 0 Å². The summed E-state index contributed by atoms with van der Waals surface area (Å²) in [5.41, 5.74) is 2.85. The van der Waals surface area contributed by atoms with Gasteiger partial charge in [0.15, 0.2) is 11.7 Å². The van der Waals surface area contributed by atoms with Crippen molar-refractivity contribution in [1.82, 2.24) is 5.43 Å². The highest BCUT2D eigenvalue weighted by molar-refractivity contribution is 6.23. The van der Waals surface area contributed by atoms with Crippen LogP contribution in [0.4, 0.5) is 10.1 Å². The van der Waals surface area contributed by atoms with Crippen LogP contribution in [0, 0.1) is 11.7 Å². The Kier molecular flexibility index (Phi) is 6.35. The maximum Gasteiger partial charge on any atom is 0.327 e. The molecule has 0 saturated carbocycles. The summed E-state index contributed by atoms with van der Waals surface area (Å²) in [6.45, 7) is 2.90. The van der Waals surface area contributed by atoms with Gasteiger partial charge in [-0.05, 0) is 50.2 Å². The van der Waals surface area contributed by atoms with E-state index in [1.165, 1.54) is 44.2 Å². The maximum absolute atomic E-state index is 13.0. The van der Waals surface area contributed by atoms with Crippen molar-refractivity contribution in [3.05, 3.63) is 77.3 Å². The second kappa shape index (κ2) is 9.12. The minimum absolute atomic E-state index is 0.0555. The molecule has 8 nitrogen and oxygen atoms in total. The van der Waals surface area contributed by atoms with Gasteiger partial charge in [-0.15, -0.1) is 0 Å². The van der Waals surface area contributed by atoms with Gasteiger partial charge in [0, 0.05) is 11.6 Å². The van der Waals surface area contributed by atoms with E-state index in [4.69, 9.17) is 4.74 Å². The number of hydrogen-bond acceptors (Lipinski definition) is 6. The van der Waals surface area contributed by atoms with Crippen molar-refractivity contribution in [2.45, 2.75) is 13.8 Å². The number of nitrogens with zero attached hydrogens (tertiary/aromatic N) is 1. The number of carbonyl (C=O) groups excluding carboxylic acids is 4. The molecule has 31 heavy (non-hydrogen) atoms. The highest BCUT2D eigenvalue weighted by Gasteiger charge is 2.34. The number of ketones is 1. The summed E-state index contributed by atoms with van der Waals surface area (Å²) in [4.78, 5) is 49.0. The van der Waals surface area contributed by atoms with E-state index in [1.807, 2.05) is 0 Å². The molecule has 3 rings (SSSR count). The number of hydrogen-bond donors (Lipinski definition) is 2. The van der Waals surface area contributed by atoms with Gasteiger partial charge in [-0.2, -0.15) is 5.10 Å². The third-order valence-electron chi connectivity index (χ3n) is 4.41. The van der Waals surface area contributed by atoms with E-state index in [1.54, 1.807) is 12.1 Å². The molecule has 0 spiro atoms. The molecule has 0 saturated heterocycles. The number of hydrazone groups is 1. The quantitative estimate of drug-likeness (QED) is 0.332. The second-order valence-corrected chi connectivity index (χ2v) is 6.71. The number of anilines is 1. The van der Waals surface area contributed by atoms with Gasteiger partial charge < -0.3 is 10.1 Å². The number of para-hydroxylation sites is 1. The molecule has 1 atom stereocenters. The van der Waals surface area contributed by atoms with Gasteiger partial charge >= 0.3 is 5.97 Å². The SMILES string of the molecule is CC1=CC(=O)C(/C(C)=N/NC(=O)c2ccccc2NC(=O)c2ccc(F)cc2)C(=O)O1. The van der Waals surface area contributed by atoms with Crippen LogP contribution in [0.3, 0.4) is 0 Å². The van der Waals surface area contributed by atoms with E-state index in [9.17, 15) is 23.6 Å². The number of carbonyl (C=O) groups is 4. The Morgan fingerprint density at radius 1 is 1.03 bits per heavy atom. The number of esters is 1. The van der Waals surface area contributed by atoms with Crippen molar-refractivity contribution in [3.8, 4) is 0 Å². The number of halogens is 1. The van der Waals surface area contributed by atoms with Crippen LogP contribution in [-0.4, -0.2) is 29.3 Å². The predicted molar refractivity (Wildman–Crippen MR) is 110 cm³/mol.